The number of nitriles is 1. The third-order valence-electron chi connectivity index (χ3n) is 3.25. The highest BCUT2D eigenvalue weighted by Crippen LogP contribution is 2.23. The Balaban J connectivity index is 2.15. The molecule has 5 nitrogen and oxygen atoms in total. The van der Waals surface area contributed by atoms with Crippen LogP contribution in [0.25, 0.3) is 0 Å². The summed E-state index contributed by atoms with van der Waals surface area (Å²) in [6, 6.07) is 15.0. The van der Waals surface area contributed by atoms with Crippen molar-refractivity contribution in [3.05, 3.63) is 64.7 Å². The molecule has 0 spiro atoms. The monoisotopic (exact) mass is 365 g/mol. The van der Waals surface area contributed by atoms with Gasteiger partial charge in [-0.25, -0.2) is 0 Å². The van der Waals surface area contributed by atoms with E-state index in [1.807, 2.05) is 13.0 Å². The van der Waals surface area contributed by atoms with E-state index in [-0.39, 0.29) is 18.1 Å². The first kappa shape index (κ1) is 18.4. The fourth-order valence-corrected chi connectivity index (χ4v) is 3.12. The average molecular weight is 366 g/mol. The fraction of sp³-hybridized carbons (Fsp3) is 0.235. The number of halogens is 1. The minimum Gasteiger partial charge on any atom is -0.356 e. The smallest absolute Gasteiger partial charge is 0.297 e. The molecule has 0 heterocycles. The van der Waals surface area contributed by atoms with Crippen LogP contribution >= 0.6 is 11.6 Å². The second-order valence-electron chi connectivity index (χ2n) is 5.06. The first-order valence-electron chi connectivity index (χ1n) is 7.12. The second-order valence-corrected chi connectivity index (χ2v) is 7.12. The normalized spacial score (nSPS) is 12.5. The Bertz CT molecular complexity index is 828. The van der Waals surface area contributed by atoms with Crippen LogP contribution in [0.1, 0.15) is 17.2 Å². The predicted octanol–water partition coefficient (Wildman–Crippen LogP) is 3.64. The van der Waals surface area contributed by atoms with E-state index in [9.17, 15) is 8.42 Å². The van der Waals surface area contributed by atoms with Crippen molar-refractivity contribution in [2.45, 2.75) is 17.9 Å². The van der Waals surface area contributed by atoms with Gasteiger partial charge in [-0.15, -0.1) is 0 Å². The van der Waals surface area contributed by atoms with Crippen LogP contribution in [-0.2, 0) is 19.0 Å². The zero-order valence-corrected chi connectivity index (χ0v) is 14.5. The Kier molecular flexibility index (Phi) is 6.35. The number of nitrogens with zero attached hydrogens (tertiary/aromatic N) is 1. The quantitative estimate of drug-likeness (QED) is 0.700. The molecule has 0 aromatic heterocycles. The lowest BCUT2D eigenvalue weighted by Crippen LogP contribution is -2.16. The van der Waals surface area contributed by atoms with Gasteiger partial charge in [0.05, 0.1) is 17.6 Å². The van der Waals surface area contributed by atoms with Crippen LogP contribution in [-0.4, -0.2) is 21.6 Å². The molecule has 0 saturated carbocycles. The van der Waals surface area contributed by atoms with E-state index in [0.29, 0.717) is 10.6 Å². The van der Waals surface area contributed by atoms with Crippen molar-refractivity contribution < 1.29 is 17.3 Å². The zero-order valence-electron chi connectivity index (χ0n) is 13.0. The van der Waals surface area contributed by atoms with Gasteiger partial charge >= 0.3 is 0 Å². The van der Waals surface area contributed by atoms with Gasteiger partial charge < -0.3 is 4.74 Å². The highest BCUT2D eigenvalue weighted by Gasteiger charge is 2.20. The third kappa shape index (κ3) is 5.05. The summed E-state index contributed by atoms with van der Waals surface area (Å²) in [6.45, 7) is 1.42. The molecule has 0 amide bonds. The molecule has 0 saturated heterocycles. The fourth-order valence-electron chi connectivity index (χ4n) is 2.01. The van der Waals surface area contributed by atoms with Crippen LogP contribution in [0.3, 0.4) is 0 Å². The van der Waals surface area contributed by atoms with Gasteiger partial charge in [-0.2, -0.15) is 13.7 Å². The molecule has 126 valence electrons. The van der Waals surface area contributed by atoms with Crippen molar-refractivity contribution in [1.29, 1.82) is 5.26 Å². The van der Waals surface area contributed by atoms with Crippen molar-refractivity contribution in [2.75, 3.05) is 13.2 Å². The van der Waals surface area contributed by atoms with Crippen molar-refractivity contribution in [3.8, 4) is 6.07 Å². The number of hydrogen-bond donors (Lipinski definition) is 0. The molecule has 0 N–H and O–H groups in total. The molecular formula is C17H16ClNO4S. The Hall–Kier alpha value is -1.91. The summed E-state index contributed by atoms with van der Waals surface area (Å²) in [6.07, 6.45) is -0.719. The molecule has 0 aliphatic heterocycles. The summed E-state index contributed by atoms with van der Waals surface area (Å²) < 4.78 is 35.0. The van der Waals surface area contributed by atoms with Crippen molar-refractivity contribution in [2.24, 2.45) is 0 Å². The molecule has 1 unspecified atom stereocenters. The topological polar surface area (TPSA) is 76.4 Å². The van der Waals surface area contributed by atoms with Gasteiger partial charge in [0.2, 0.25) is 0 Å². The third-order valence-corrected chi connectivity index (χ3v) is 4.78. The van der Waals surface area contributed by atoms with E-state index in [1.54, 1.807) is 36.4 Å². The van der Waals surface area contributed by atoms with E-state index in [2.05, 4.69) is 0 Å². The van der Waals surface area contributed by atoms with Crippen LogP contribution in [0.5, 0.6) is 0 Å². The molecule has 24 heavy (non-hydrogen) atoms. The maximum atomic E-state index is 12.3. The number of benzene rings is 2. The van der Waals surface area contributed by atoms with Gasteiger partial charge in [0.25, 0.3) is 10.1 Å². The maximum absolute atomic E-state index is 12.3. The number of hydrogen-bond acceptors (Lipinski definition) is 5. The largest absolute Gasteiger partial charge is 0.356 e. The Labute approximate surface area is 146 Å². The molecule has 0 radical (unpaired) electrons. The first-order valence-corrected chi connectivity index (χ1v) is 8.91. The summed E-state index contributed by atoms with van der Waals surface area (Å²) in [5.74, 6) is 0. The first-order chi connectivity index (χ1) is 11.4. The van der Waals surface area contributed by atoms with Crippen LogP contribution < -0.4 is 0 Å². The maximum Gasteiger partial charge on any atom is 0.297 e. The second kappa shape index (κ2) is 8.27. The minimum atomic E-state index is -3.91. The van der Waals surface area contributed by atoms with Gasteiger partial charge in [0, 0.05) is 5.02 Å². The zero-order chi connectivity index (χ0) is 17.6. The Morgan fingerprint density at radius 1 is 1.21 bits per heavy atom. The van der Waals surface area contributed by atoms with Gasteiger partial charge in [0.1, 0.15) is 12.7 Å². The van der Waals surface area contributed by atoms with Crippen LogP contribution in [0.2, 0.25) is 5.02 Å². The highest BCUT2D eigenvalue weighted by molar-refractivity contribution is 7.86. The SMILES string of the molecule is Cc1ccc(S(=O)(=O)OCC(OCC#N)c2cccc(Cl)c2)cc1. The van der Waals surface area contributed by atoms with Crippen molar-refractivity contribution in [3.63, 3.8) is 0 Å². The van der Waals surface area contributed by atoms with Gasteiger partial charge in [0.15, 0.2) is 0 Å². The van der Waals surface area contributed by atoms with E-state index in [4.69, 9.17) is 25.8 Å². The molecule has 0 aliphatic carbocycles. The summed E-state index contributed by atoms with van der Waals surface area (Å²) in [5.41, 5.74) is 1.58. The Morgan fingerprint density at radius 3 is 2.54 bits per heavy atom. The summed E-state index contributed by atoms with van der Waals surface area (Å²) in [7, 11) is -3.91. The summed E-state index contributed by atoms with van der Waals surface area (Å²) >= 11 is 5.94. The highest BCUT2D eigenvalue weighted by atomic mass is 35.5. The lowest BCUT2D eigenvalue weighted by Gasteiger charge is -2.17. The van der Waals surface area contributed by atoms with Gasteiger partial charge in [-0.1, -0.05) is 41.4 Å². The van der Waals surface area contributed by atoms with E-state index in [0.717, 1.165) is 5.56 Å². The molecule has 2 rings (SSSR count). The van der Waals surface area contributed by atoms with Crippen molar-refractivity contribution in [1.82, 2.24) is 0 Å². The van der Waals surface area contributed by atoms with Crippen LogP contribution in [0.15, 0.2) is 53.4 Å². The van der Waals surface area contributed by atoms with Gasteiger partial charge in [-0.05, 0) is 36.8 Å². The molecular weight excluding hydrogens is 350 g/mol. The van der Waals surface area contributed by atoms with E-state index in [1.165, 1.54) is 12.1 Å². The molecule has 0 aliphatic rings. The van der Waals surface area contributed by atoms with E-state index >= 15 is 0 Å². The minimum absolute atomic E-state index is 0.0678. The van der Waals surface area contributed by atoms with Crippen LogP contribution in [0.4, 0.5) is 0 Å². The Morgan fingerprint density at radius 2 is 1.92 bits per heavy atom. The summed E-state index contributed by atoms with van der Waals surface area (Å²) in [4.78, 5) is 0.0678. The standard InChI is InChI=1S/C17H16ClNO4S/c1-13-5-7-16(8-6-13)24(20,21)23-12-17(22-10-9-19)14-3-2-4-15(18)11-14/h2-8,11,17H,10,12H2,1H3. The van der Waals surface area contributed by atoms with E-state index < -0.39 is 16.2 Å². The number of rotatable bonds is 7. The molecule has 0 bridgehead atoms. The van der Waals surface area contributed by atoms with Gasteiger partial charge in [-0.3, -0.25) is 4.18 Å². The summed E-state index contributed by atoms with van der Waals surface area (Å²) in [5, 5.41) is 9.17. The number of aryl methyl sites for hydroxylation is 1. The molecule has 1 atom stereocenters. The predicted molar refractivity (Wildman–Crippen MR) is 90.1 cm³/mol. The average Bonchev–Trinajstić information content (AvgIpc) is 2.55. The molecule has 7 heteroatoms. The lowest BCUT2D eigenvalue weighted by atomic mass is 10.1. The molecule has 2 aromatic rings. The molecule has 0 fully saturated rings. The van der Waals surface area contributed by atoms with Crippen LogP contribution in [0, 0.1) is 18.3 Å². The number of ether oxygens (including phenoxy) is 1. The molecule has 2 aromatic carbocycles. The van der Waals surface area contributed by atoms with Crippen molar-refractivity contribution >= 4 is 21.7 Å². The lowest BCUT2D eigenvalue weighted by molar-refractivity contribution is 0.0397.